The third kappa shape index (κ3) is 5.10. The molecule has 0 bridgehead atoms. The predicted octanol–water partition coefficient (Wildman–Crippen LogP) is 4.43. The third-order valence-electron chi connectivity index (χ3n) is 2.41. The second-order valence-electron chi connectivity index (χ2n) is 3.82. The summed E-state index contributed by atoms with van der Waals surface area (Å²) < 4.78 is 5.46. The molecular formula is C12H15Cl2NO3. The molecule has 6 heteroatoms. The molecule has 100 valence electrons. The zero-order valence-electron chi connectivity index (χ0n) is 9.90. The molecule has 0 aromatic heterocycles. The third-order valence-corrected chi connectivity index (χ3v) is 2.98. The Balaban J connectivity index is 2.35. The summed E-state index contributed by atoms with van der Waals surface area (Å²) in [4.78, 5) is 10.0. The van der Waals surface area contributed by atoms with E-state index in [0.717, 1.165) is 25.7 Å². The van der Waals surface area contributed by atoms with E-state index in [2.05, 4.69) is 0 Å². The van der Waals surface area contributed by atoms with Gasteiger partial charge in [0.05, 0.1) is 11.5 Å². The Kier molecular flexibility index (Phi) is 6.83. The van der Waals surface area contributed by atoms with Crippen LogP contribution in [0.25, 0.3) is 0 Å². The lowest BCUT2D eigenvalue weighted by molar-refractivity contribution is -0.384. The molecule has 0 unspecified atom stereocenters. The molecule has 18 heavy (non-hydrogen) atoms. The second-order valence-corrected chi connectivity index (χ2v) is 4.61. The van der Waals surface area contributed by atoms with Crippen LogP contribution in [0.5, 0.6) is 5.75 Å². The average Bonchev–Trinajstić information content (AvgIpc) is 2.33. The number of hydrogen-bond acceptors (Lipinski definition) is 3. The van der Waals surface area contributed by atoms with Crippen molar-refractivity contribution < 1.29 is 9.66 Å². The molecular weight excluding hydrogens is 277 g/mol. The van der Waals surface area contributed by atoms with Crippen LogP contribution in [-0.4, -0.2) is 17.4 Å². The van der Waals surface area contributed by atoms with Gasteiger partial charge in [-0.3, -0.25) is 10.1 Å². The molecule has 0 saturated heterocycles. The topological polar surface area (TPSA) is 52.4 Å². The van der Waals surface area contributed by atoms with Crippen LogP contribution < -0.4 is 4.74 Å². The van der Waals surface area contributed by atoms with E-state index >= 15 is 0 Å². The quantitative estimate of drug-likeness (QED) is 0.308. The standard InChI is InChI=1S/C12H15Cl2NO3/c13-7-3-1-2-4-8-18-10-5-6-12(15(16)17)11(14)9-10/h5-6,9H,1-4,7-8H2. The lowest BCUT2D eigenvalue weighted by Crippen LogP contribution is -1.98. The number of halogens is 2. The van der Waals surface area contributed by atoms with E-state index in [-0.39, 0.29) is 10.7 Å². The van der Waals surface area contributed by atoms with Crippen LogP contribution in [0.3, 0.4) is 0 Å². The molecule has 1 aromatic carbocycles. The van der Waals surface area contributed by atoms with Gasteiger partial charge >= 0.3 is 0 Å². The van der Waals surface area contributed by atoms with Crippen molar-refractivity contribution in [2.24, 2.45) is 0 Å². The predicted molar refractivity (Wildman–Crippen MR) is 72.8 cm³/mol. The zero-order valence-corrected chi connectivity index (χ0v) is 11.4. The minimum absolute atomic E-state index is 0.0969. The van der Waals surface area contributed by atoms with Crippen molar-refractivity contribution in [3.8, 4) is 5.75 Å². The zero-order chi connectivity index (χ0) is 13.4. The van der Waals surface area contributed by atoms with Gasteiger partial charge in [0.2, 0.25) is 0 Å². The lowest BCUT2D eigenvalue weighted by atomic mass is 10.2. The van der Waals surface area contributed by atoms with Crippen LogP contribution in [0.15, 0.2) is 18.2 Å². The molecule has 0 saturated carbocycles. The summed E-state index contributed by atoms with van der Waals surface area (Å²) in [6.07, 6.45) is 4.11. The number of hydrogen-bond donors (Lipinski definition) is 0. The van der Waals surface area contributed by atoms with Crippen LogP contribution in [0.1, 0.15) is 25.7 Å². The summed E-state index contributed by atoms with van der Waals surface area (Å²) >= 11 is 11.3. The number of benzene rings is 1. The summed E-state index contributed by atoms with van der Waals surface area (Å²) in [6.45, 7) is 0.580. The fraction of sp³-hybridized carbons (Fsp3) is 0.500. The number of rotatable bonds is 8. The maximum atomic E-state index is 10.6. The van der Waals surface area contributed by atoms with Gasteiger partial charge < -0.3 is 4.74 Å². The van der Waals surface area contributed by atoms with Gasteiger partial charge in [0.15, 0.2) is 0 Å². The molecule has 0 amide bonds. The van der Waals surface area contributed by atoms with Crippen LogP contribution in [0, 0.1) is 10.1 Å². The number of ether oxygens (including phenoxy) is 1. The number of nitro groups is 1. The van der Waals surface area contributed by atoms with Gasteiger partial charge in [-0.25, -0.2) is 0 Å². The van der Waals surface area contributed by atoms with Crippen LogP contribution >= 0.6 is 23.2 Å². The molecule has 0 N–H and O–H groups in total. The molecule has 0 spiro atoms. The van der Waals surface area contributed by atoms with Crippen molar-refractivity contribution in [3.05, 3.63) is 33.3 Å². The Hall–Kier alpha value is -1.00. The monoisotopic (exact) mass is 291 g/mol. The Morgan fingerprint density at radius 3 is 2.56 bits per heavy atom. The lowest BCUT2D eigenvalue weighted by Gasteiger charge is -2.06. The summed E-state index contributed by atoms with van der Waals surface area (Å²) in [5, 5.41) is 10.7. The smallest absolute Gasteiger partial charge is 0.288 e. The van der Waals surface area contributed by atoms with Crippen molar-refractivity contribution >= 4 is 28.9 Å². The second kappa shape index (κ2) is 8.16. The highest BCUT2D eigenvalue weighted by molar-refractivity contribution is 6.32. The Morgan fingerprint density at radius 1 is 1.22 bits per heavy atom. The van der Waals surface area contributed by atoms with Gasteiger partial charge in [-0.2, -0.15) is 0 Å². The van der Waals surface area contributed by atoms with Crippen molar-refractivity contribution in [1.82, 2.24) is 0 Å². The number of nitrogens with zero attached hydrogens (tertiary/aromatic N) is 1. The van der Waals surface area contributed by atoms with Gasteiger partial charge in [0.25, 0.3) is 5.69 Å². The van der Waals surface area contributed by atoms with Gasteiger partial charge in [0, 0.05) is 18.0 Å². The fourth-order valence-corrected chi connectivity index (χ4v) is 1.89. The first-order valence-corrected chi connectivity index (χ1v) is 6.69. The van der Waals surface area contributed by atoms with Gasteiger partial charge in [-0.1, -0.05) is 24.4 Å². The maximum absolute atomic E-state index is 10.6. The molecule has 0 aliphatic carbocycles. The maximum Gasteiger partial charge on any atom is 0.288 e. The van der Waals surface area contributed by atoms with Crippen LogP contribution in [0.4, 0.5) is 5.69 Å². The minimum Gasteiger partial charge on any atom is -0.494 e. The van der Waals surface area contributed by atoms with Crippen LogP contribution in [-0.2, 0) is 0 Å². The summed E-state index contributed by atoms with van der Waals surface area (Å²) in [7, 11) is 0. The summed E-state index contributed by atoms with van der Waals surface area (Å²) in [6, 6.07) is 4.38. The number of unbranched alkanes of at least 4 members (excludes halogenated alkanes) is 3. The van der Waals surface area contributed by atoms with Gasteiger partial charge in [0.1, 0.15) is 10.8 Å². The van der Waals surface area contributed by atoms with E-state index < -0.39 is 4.92 Å². The van der Waals surface area contributed by atoms with Crippen LogP contribution in [0.2, 0.25) is 5.02 Å². The highest BCUT2D eigenvalue weighted by Crippen LogP contribution is 2.28. The summed E-state index contributed by atoms with van der Waals surface area (Å²) in [5.41, 5.74) is -0.105. The number of alkyl halides is 1. The largest absolute Gasteiger partial charge is 0.494 e. The molecule has 0 fully saturated rings. The van der Waals surface area contributed by atoms with E-state index in [9.17, 15) is 10.1 Å². The van der Waals surface area contributed by atoms with Gasteiger partial charge in [-0.15, -0.1) is 11.6 Å². The van der Waals surface area contributed by atoms with Crippen molar-refractivity contribution in [2.45, 2.75) is 25.7 Å². The Bertz CT molecular complexity index is 399. The fourth-order valence-electron chi connectivity index (χ4n) is 1.47. The van der Waals surface area contributed by atoms with Gasteiger partial charge in [-0.05, 0) is 18.9 Å². The molecule has 1 aromatic rings. The van der Waals surface area contributed by atoms with E-state index in [4.69, 9.17) is 27.9 Å². The highest BCUT2D eigenvalue weighted by Gasteiger charge is 2.12. The molecule has 4 nitrogen and oxygen atoms in total. The SMILES string of the molecule is O=[N+]([O-])c1ccc(OCCCCCCCl)cc1Cl. The van der Waals surface area contributed by atoms with E-state index in [1.165, 1.54) is 12.1 Å². The Morgan fingerprint density at radius 2 is 1.94 bits per heavy atom. The molecule has 1 rings (SSSR count). The minimum atomic E-state index is -0.516. The highest BCUT2D eigenvalue weighted by atomic mass is 35.5. The molecule has 0 aliphatic heterocycles. The first-order valence-electron chi connectivity index (χ1n) is 5.78. The van der Waals surface area contributed by atoms with Crippen molar-refractivity contribution in [2.75, 3.05) is 12.5 Å². The normalized spacial score (nSPS) is 10.3. The molecule has 0 aliphatic rings. The molecule has 0 atom stereocenters. The summed E-state index contributed by atoms with van der Waals surface area (Å²) in [5.74, 6) is 1.25. The average molecular weight is 292 g/mol. The first-order chi connectivity index (χ1) is 8.65. The first kappa shape index (κ1) is 15.1. The van der Waals surface area contributed by atoms with E-state index in [1.807, 2.05) is 0 Å². The molecule has 0 heterocycles. The van der Waals surface area contributed by atoms with E-state index in [1.54, 1.807) is 6.07 Å². The molecule has 0 radical (unpaired) electrons. The van der Waals surface area contributed by atoms with E-state index in [0.29, 0.717) is 18.2 Å². The number of nitro benzene ring substituents is 1. The van der Waals surface area contributed by atoms with Crippen molar-refractivity contribution in [1.29, 1.82) is 0 Å². The van der Waals surface area contributed by atoms with Crippen molar-refractivity contribution in [3.63, 3.8) is 0 Å². The Labute approximate surface area is 116 Å².